The highest BCUT2D eigenvalue weighted by molar-refractivity contribution is 5.88. The zero-order valence-electron chi connectivity index (χ0n) is 12.5. The fourth-order valence-electron chi connectivity index (χ4n) is 2.15. The summed E-state index contributed by atoms with van der Waals surface area (Å²) in [6.07, 6.45) is 2.94. The van der Waals surface area contributed by atoms with Crippen LogP contribution in [-0.4, -0.2) is 40.5 Å². The van der Waals surface area contributed by atoms with E-state index in [1.54, 1.807) is 12.1 Å². The van der Waals surface area contributed by atoms with Gasteiger partial charge in [-0.15, -0.1) is 0 Å². The normalized spacial score (nSPS) is 15.7. The summed E-state index contributed by atoms with van der Waals surface area (Å²) in [4.78, 5) is 22.2. The van der Waals surface area contributed by atoms with E-state index in [1.807, 2.05) is 6.92 Å². The van der Waals surface area contributed by atoms with Gasteiger partial charge >= 0.3 is 5.97 Å². The third kappa shape index (κ3) is 3.21. The van der Waals surface area contributed by atoms with E-state index in [4.69, 9.17) is 9.47 Å². The Morgan fingerprint density at radius 2 is 2.13 bits per heavy atom. The molecule has 1 aromatic carbocycles. The third-order valence-corrected chi connectivity index (χ3v) is 3.60. The number of esters is 1. The highest BCUT2D eigenvalue weighted by Gasteiger charge is 2.35. The van der Waals surface area contributed by atoms with Crippen LogP contribution in [0.15, 0.2) is 36.7 Å². The fourth-order valence-corrected chi connectivity index (χ4v) is 2.15. The van der Waals surface area contributed by atoms with Crippen molar-refractivity contribution in [3.05, 3.63) is 52.3 Å². The second kappa shape index (κ2) is 5.81. The molecule has 120 valence electrons. The number of aromatic nitrogens is 2. The molecule has 2 heterocycles. The molecule has 3 rings (SSSR count). The molecule has 0 N–H and O–H groups in total. The molecule has 1 saturated heterocycles. The Morgan fingerprint density at radius 3 is 2.70 bits per heavy atom. The lowest BCUT2D eigenvalue weighted by Crippen LogP contribution is -2.44. The Bertz CT molecular complexity index is 734. The number of nitro groups is 1. The van der Waals surface area contributed by atoms with Gasteiger partial charge in [-0.3, -0.25) is 10.1 Å². The average molecular weight is 317 g/mol. The first-order valence-electron chi connectivity index (χ1n) is 7.01. The molecule has 1 aliphatic heterocycles. The van der Waals surface area contributed by atoms with E-state index >= 15 is 0 Å². The van der Waals surface area contributed by atoms with Gasteiger partial charge in [0.05, 0.1) is 35.6 Å². The summed E-state index contributed by atoms with van der Waals surface area (Å²) in [5.74, 6) is -0.453. The van der Waals surface area contributed by atoms with Crippen molar-refractivity contribution in [2.24, 2.45) is 5.41 Å². The Hall–Kier alpha value is -2.74. The second-order valence-corrected chi connectivity index (χ2v) is 5.83. The van der Waals surface area contributed by atoms with Crippen molar-refractivity contribution in [2.45, 2.75) is 6.92 Å². The molecule has 0 atom stereocenters. The van der Waals surface area contributed by atoms with Gasteiger partial charge in [-0.1, -0.05) is 6.92 Å². The maximum Gasteiger partial charge on any atom is 0.341 e. The fraction of sp³-hybridized carbons (Fsp3) is 0.333. The van der Waals surface area contributed by atoms with Gasteiger partial charge in [0.25, 0.3) is 5.69 Å². The molecule has 23 heavy (non-hydrogen) atoms. The number of hydrogen-bond donors (Lipinski definition) is 0. The standard InChI is InChI=1S/C15H15N3O5/c1-15(8-22-9-15)10-23-14(19)11-6-16-17(7-11)12-2-4-13(5-3-12)18(20)21/h2-7H,8-10H2,1H3. The number of benzene rings is 1. The number of hydrogen-bond acceptors (Lipinski definition) is 6. The molecular formula is C15H15N3O5. The van der Waals surface area contributed by atoms with E-state index in [9.17, 15) is 14.9 Å². The maximum atomic E-state index is 12.0. The Labute approximate surface area is 131 Å². The van der Waals surface area contributed by atoms with E-state index < -0.39 is 10.9 Å². The topological polar surface area (TPSA) is 96.5 Å². The second-order valence-electron chi connectivity index (χ2n) is 5.83. The van der Waals surface area contributed by atoms with Crippen LogP contribution in [0.1, 0.15) is 17.3 Å². The van der Waals surface area contributed by atoms with Crippen molar-refractivity contribution in [2.75, 3.05) is 19.8 Å². The van der Waals surface area contributed by atoms with Crippen molar-refractivity contribution >= 4 is 11.7 Å². The van der Waals surface area contributed by atoms with Crippen molar-refractivity contribution in [1.29, 1.82) is 0 Å². The van der Waals surface area contributed by atoms with Crippen LogP contribution in [-0.2, 0) is 9.47 Å². The Kier molecular flexibility index (Phi) is 3.83. The van der Waals surface area contributed by atoms with Crippen LogP contribution in [0.4, 0.5) is 5.69 Å². The molecule has 2 aromatic rings. The zero-order valence-corrected chi connectivity index (χ0v) is 12.5. The molecule has 0 radical (unpaired) electrons. The number of nitro benzene ring substituents is 1. The SMILES string of the molecule is CC1(COC(=O)c2cnn(-c3ccc([N+](=O)[O-])cc3)c2)COC1. The van der Waals surface area contributed by atoms with Gasteiger partial charge in [-0.25, -0.2) is 9.48 Å². The monoisotopic (exact) mass is 317 g/mol. The molecular weight excluding hydrogens is 302 g/mol. The molecule has 1 fully saturated rings. The maximum absolute atomic E-state index is 12.0. The van der Waals surface area contributed by atoms with Crippen molar-refractivity contribution in [3.8, 4) is 5.69 Å². The number of non-ortho nitro benzene ring substituents is 1. The van der Waals surface area contributed by atoms with E-state index in [0.717, 1.165) is 0 Å². The molecule has 0 unspecified atom stereocenters. The largest absolute Gasteiger partial charge is 0.461 e. The first kappa shape index (κ1) is 15.2. The van der Waals surface area contributed by atoms with Crippen LogP contribution < -0.4 is 0 Å². The van der Waals surface area contributed by atoms with E-state index in [-0.39, 0.29) is 11.1 Å². The quantitative estimate of drug-likeness (QED) is 0.475. The Balaban J connectivity index is 1.67. The molecule has 0 spiro atoms. The van der Waals surface area contributed by atoms with Gasteiger partial charge in [0.15, 0.2) is 0 Å². The van der Waals surface area contributed by atoms with Crippen molar-refractivity contribution in [3.63, 3.8) is 0 Å². The number of ether oxygens (including phenoxy) is 2. The van der Waals surface area contributed by atoms with Crippen LogP contribution >= 0.6 is 0 Å². The minimum Gasteiger partial charge on any atom is -0.461 e. The predicted molar refractivity (Wildman–Crippen MR) is 79.4 cm³/mol. The predicted octanol–water partition coefficient (Wildman–Crippen LogP) is 1.97. The van der Waals surface area contributed by atoms with E-state index in [0.29, 0.717) is 31.1 Å². The van der Waals surface area contributed by atoms with Gasteiger partial charge in [0.1, 0.15) is 6.61 Å². The summed E-state index contributed by atoms with van der Waals surface area (Å²) in [5, 5.41) is 14.7. The summed E-state index contributed by atoms with van der Waals surface area (Å²) in [6, 6.07) is 5.89. The van der Waals surface area contributed by atoms with Crippen LogP contribution in [0, 0.1) is 15.5 Å². The van der Waals surface area contributed by atoms with Gasteiger partial charge in [-0.05, 0) is 12.1 Å². The molecule has 1 aromatic heterocycles. The summed E-state index contributed by atoms with van der Waals surface area (Å²) >= 11 is 0. The zero-order chi connectivity index (χ0) is 16.4. The highest BCUT2D eigenvalue weighted by atomic mass is 16.6. The van der Waals surface area contributed by atoms with E-state index in [1.165, 1.54) is 29.2 Å². The molecule has 0 amide bonds. The lowest BCUT2D eigenvalue weighted by Gasteiger charge is -2.37. The third-order valence-electron chi connectivity index (χ3n) is 3.60. The molecule has 0 bridgehead atoms. The smallest absolute Gasteiger partial charge is 0.341 e. The number of carbonyl (C=O) groups is 1. The summed E-state index contributed by atoms with van der Waals surface area (Å²) in [7, 11) is 0. The number of nitrogens with zero attached hydrogens (tertiary/aromatic N) is 3. The summed E-state index contributed by atoms with van der Waals surface area (Å²) < 4.78 is 11.8. The molecule has 0 saturated carbocycles. The Morgan fingerprint density at radius 1 is 1.43 bits per heavy atom. The van der Waals surface area contributed by atoms with Crippen LogP contribution in [0.25, 0.3) is 5.69 Å². The first-order chi connectivity index (χ1) is 11.0. The van der Waals surface area contributed by atoms with Gasteiger partial charge in [-0.2, -0.15) is 5.10 Å². The minimum absolute atomic E-state index is 0.00324. The molecule has 8 heteroatoms. The van der Waals surface area contributed by atoms with Crippen LogP contribution in [0.5, 0.6) is 0 Å². The van der Waals surface area contributed by atoms with Crippen LogP contribution in [0.3, 0.4) is 0 Å². The molecule has 8 nitrogen and oxygen atoms in total. The van der Waals surface area contributed by atoms with Gasteiger partial charge in [0, 0.05) is 23.7 Å². The first-order valence-corrected chi connectivity index (χ1v) is 7.01. The van der Waals surface area contributed by atoms with Gasteiger partial charge in [0.2, 0.25) is 0 Å². The lowest BCUT2D eigenvalue weighted by atomic mass is 9.90. The van der Waals surface area contributed by atoms with Gasteiger partial charge < -0.3 is 9.47 Å². The summed E-state index contributed by atoms with van der Waals surface area (Å²) in [5.41, 5.74) is 0.835. The van der Waals surface area contributed by atoms with Crippen LogP contribution in [0.2, 0.25) is 0 Å². The summed E-state index contributed by atoms with van der Waals surface area (Å²) in [6.45, 7) is 3.46. The highest BCUT2D eigenvalue weighted by Crippen LogP contribution is 2.27. The molecule has 1 aliphatic rings. The number of carbonyl (C=O) groups excluding carboxylic acids is 1. The average Bonchev–Trinajstić information content (AvgIpc) is 3.01. The molecule has 0 aliphatic carbocycles. The van der Waals surface area contributed by atoms with Crippen molar-refractivity contribution in [1.82, 2.24) is 9.78 Å². The van der Waals surface area contributed by atoms with E-state index in [2.05, 4.69) is 5.10 Å². The lowest BCUT2D eigenvalue weighted by molar-refractivity contribution is -0.384. The minimum atomic E-state index is -0.472. The number of rotatable bonds is 5. The van der Waals surface area contributed by atoms with Crippen molar-refractivity contribution < 1.29 is 19.2 Å².